The van der Waals surface area contributed by atoms with Crippen molar-refractivity contribution in [3.63, 3.8) is 0 Å². The van der Waals surface area contributed by atoms with Crippen LogP contribution in [0.1, 0.15) is 53.4 Å². The first-order valence-corrected chi connectivity index (χ1v) is 15.0. The molecule has 0 N–H and O–H groups in total. The fourth-order valence-corrected chi connectivity index (χ4v) is 4.11. The Hall–Kier alpha value is 2.56. The van der Waals surface area contributed by atoms with E-state index in [1.165, 1.54) is 11.1 Å². The molecule has 0 heterocycles. The van der Waals surface area contributed by atoms with Gasteiger partial charge in [-0.15, -0.1) is 46.4 Å². The Kier molecular flexibility index (Phi) is 21.1. The van der Waals surface area contributed by atoms with Gasteiger partial charge in [-0.1, -0.05) is 87.0 Å². The lowest BCUT2D eigenvalue weighted by atomic mass is 10.0. The van der Waals surface area contributed by atoms with Crippen molar-refractivity contribution in [2.24, 2.45) is 0 Å². The Morgan fingerprint density at radius 2 is 1.04 bits per heavy atom. The van der Waals surface area contributed by atoms with Gasteiger partial charge in [0, 0.05) is 32.1 Å². The van der Waals surface area contributed by atoms with Crippen LogP contribution in [0.2, 0.25) is 0 Å². The summed E-state index contributed by atoms with van der Waals surface area (Å²) in [5, 5.41) is 1.78. The average molecular weight is 734 g/mol. The largest absolute Gasteiger partial charge is 0.122 e. The Morgan fingerprint density at radius 3 is 1.21 bits per heavy atom. The van der Waals surface area contributed by atoms with E-state index in [9.17, 15) is 0 Å². The predicted octanol–water partition coefficient (Wildman–Crippen LogP) is 10.2. The molecule has 0 aromatic carbocycles. The second-order valence-electron chi connectivity index (χ2n) is 7.44. The van der Waals surface area contributed by atoms with Crippen molar-refractivity contribution in [1.82, 2.24) is 0 Å². The predicted molar refractivity (Wildman–Crippen MR) is 149 cm³/mol. The molecular formula is C20H32Br4Cl4. The van der Waals surface area contributed by atoms with Crippen LogP contribution in [0.25, 0.3) is 0 Å². The second kappa shape index (κ2) is 18.0. The molecule has 0 amide bonds. The van der Waals surface area contributed by atoms with Crippen molar-refractivity contribution >= 4 is 110 Å². The van der Waals surface area contributed by atoms with Crippen molar-refractivity contribution in [1.29, 1.82) is 0 Å². The maximum absolute atomic E-state index is 6.18. The number of hydrogen-bond donors (Lipinski definition) is 0. The van der Waals surface area contributed by atoms with Crippen LogP contribution in [-0.4, -0.2) is 41.8 Å². The summed E-state index contributed by atoms with van der Waals surface area (Å²) in [5.41, 5.74) is 2.68. The van der Waals surface area contributed by atoms with Gasteiger partial charge in [0.1, 0.15) is 0 Å². The zero-order valence-corrected chi connectivity index (χ0v) is 26.4. The summed E-state index contributed by atoms with van der Waals surface area (Å²) in [6.45, 7) is 8.08. The summed E-state index contributed by atoms with van der Waals surface area (Å²) in [7, 11) is 0. The van der Waals surface area contributed by atoms with Crippen LogP contribution in [0.3, 0.4) is 0 Å². The van der Waals surface area contributed by atoms with E-state index in [1.807, 2.05) is 27.7 Å². The van der Waals surface area contributed by atoms with Gasteiger partial charge >= 0.3 is 0 Å². The molecule has 0 spiro atoms. The molecule has 0 rings (SSSR count). The molecule has 0 bridgehead atoms. The van der Waals surface area contributed by atoms with Gasteiger partial charge in [-0.2, -0.15) is 0 Å². The molecule has 0 aromatic rings. The molecule has 0 nitrogen and oxygen atoms in total. The van der Waals surface area contributed by atoms with E-state index >= 15 is 0 Å². The van der Waals surface area contributed by atoms with Gasteiger partial charge in [-0.25, -0.2) is 0 Å². The number of rotatable bonds is 12. The topological polar surface area (TPSA) is 0 Å². The fraction of sp³-hybridized carbons (Fsp3) is 0.800. The maximum atomic E-state index is 6.18. The van der Waals surface area contributed by atoms with Crippen molar-refractivity contribution in [2.75, 3.05) is 22.4 Å². The maximum Gasteiger partial charge on any atom is 0.0515 e. The van der Waals surface area contributed by atoms with Gasteiger partial charge in [0.25, 0.3) is 0 Å². The van der Waals surface area contributed by atoms with Gasteiger partial charge < -0.3 is 0 Å². The minimum absolute atomic E-state index is 0.196. The van der Waals surface area contributed by atoms with Crippen LogP contribution >= 0.6 is 110 Å². The van der Waals surface area contributed by atoms with Crippen molar-refractivity contribution in [2.45, 2.75) is 72.8 Å². The number of halogens is 8. The van der Waals surface area contributed by atoms with Gasteiger partial charge in [0.05, 0.1) is 9.75 Å². The Labute approximate surface area is 226 Å². The first kappa shape index (κ1) is 32.7. The van der Waals surface area contributed by atoms with Gasteiger partial charge in [-0.3, -0.25) is 0 Å². The molecule has 0 saturated heterocycles. The summed E-state index contributed by atoms with van der Waals surface area (Å²) in [6, 6.07) is 0. The van der Waals surface area contributed by atoms with E-state index in [4.69, 9.17) is 46.4 Å². The third kappa shape index (κ3) is 18.2. The highest BCUT2D eigenvalue weighted by molar-refractivity contribution is 9.10. The van der Waals surface area contributed by atoms with E-state index in [2.05, 4.69) is 75.9 Å². The smallest absolute Gasteiger partial charge is 0.0515 e. The van der Waals surface area contributed by atoms with Crippen molar-refractivity contribution in [3.8, 4) is 0 Å². The highest BCUT2D eigenvalue weighted by atomic mass is 79.9. The van der Waals surface area contributed by atoms with E-state index in [0.29, 0.717) is 21.4 Å². The molecule has 0 fully saturated rings. The monoisotopic (exact) mass is 728 g/mol. The number of allylic oxidation sites excluding steroid dienone is 4. The zero-order chi connectivity index (χ0) is 22.4. The number of hydrogen-bond acceptors (Lipinski definition) is 0. The highest BCUT2D eigenvalue weighted by Gasteiger charge is 2.24. The molecule has 0 aliphatic heterocycles. The van der Waals surface area contributed by atoms with Gasteiger partial charge in [-0.05, 0) is 53.4 Å². The van der Waals surface area contributed by atoms with E-state index in [1.54, 1.807) is 0 Å². The molecule has 0 aliphatic carbocycles. The van der Waals surface area contributed by atoms with Crippen molar-refractivity contribution in [3.05, 3.63) is 23.3 Å². The van der Waals surface area contributed by atoms with Gasteiger partial charge in [0.15, 0.2) is 0 Å². The highest BCUT2D eigenvalue weighted by Crippen LogP contribution is 2.30. The normalized spacial score (nSPS) is 15.7. The zero-order valence-electron chi connectivity index (χ0n) is 17.0. The quantitative estimate of drug-likeness (QED) is 0.138. The minimum atomic E-state index is -0.196. The molecule has 168 valence electrons. The minimum Gasteiger partial charge on any atom is -0.122 e. The second-order valence-corrected chi connectivity index (χ2v) is 13.3. The molecule has 28 heavy (non-hydrogen) atoms. The van der Waals surface area contributed by atoms with E-state index in [0.717, 1.165) is 36.3 Å². The third-order valence-electron chi connectivity index (χ3n) is 4.00. The molecule has 0 aromatic heterocycles. The van der Waals surface area contributed by atoms with Crippen molar-refractivity contribution < 1.29 is 0 Å². The molecule has 2 unspecified atom stereocenters. The SMILES string of the molecule is CC(C)(Cl)C(Br)CC/C(=C/CCl)CBr.CC(C)(Cl)C(Br)CC/C(=C/CCl)CBr. The molecule has 8 heteroatoms. The standard InChI is InChI=1S/2C10H16Br2Cl2/c2*1-10(2,14)9(12)4-3-8(7-11)5-6-13/h2*5,9H,3-4,6-7H2,1-2H3/b2*8-5-. The van der Waals surface area contributed by atoms with Crippen LogP contribution in [-0.2, 0) is 0 Å². The summed E-state index contributed by atoms with van der Waals surface area (Å²) < 4.78 is 0. The summed E-state index contributed by atoms with van der Waals surface area (Å²) in [4.78, 5) is 0.264. The number of alkyl halides is 8. The van der Waals surface area contributed by atoms with E-state index in [-0.39, 0.29) is 9.75 Å². The van der Waals surface area contributed by atoms with Crippen LogP contribution < -0.4 is 0 Å². The lowest BCUT2D eigenvalue weighted by Gasteiger charge is -2.23. The summed E-state index contributed by atoms with van der Waals surface area (Å²) >= 11 is 37.7. The molecule has 0 aliphatic rings. The Balaban J connectivity index is 0. The molecular weight excluding hydrogens is 702 g/mol. The lowest BCUT2D eigenvalue weighted by Crippen LogP contribution is -2.24. The van der Waals surface area contributed by atoms with Crippen LogP contribution in [0.15, 0.2) is 23.3 Å². The van der Waals surface area contributed by atoms with Gasteiger partial charge in [0.2, 0.25) is 0 Å². The Morgan fingerprint density at radius 1 is 0.750 bits per heavy atom. The third-order valence-corrected chi connectivity index (χ3v) is 10.0. The molecule has 0 saturated carbocycles. The van der Waals surface area contributed by atoms with Crippen LogP contribution in [0.5, 0.6) is 0 Å². The first-order valence-electron chi connectivity index (χ1n) is 9.09. The molecule has 2 atom stereocenters. The van der Waals surface area contributed by atoms with Crippen LogP contribution in [0, 0.1) is 0 Å². The lowest BCUT2D eigenvalue weighted by molar-refractivity contribution is 0.616. The fourth-order valence-electron chi connectivity index (χ4n) is 1.98. The first-order chi connectivity index (χ1) is 12.8. The average Bonchev–Trinajstić information content (AvgIpc) is 2.60. The molecule has 0 radical (unpaired) electrons. The summed E-state index contributed by atoms with van der Waals surface area (Å²) in [6.07, 6.45) is 8.23. The Bertz CT molecular complexity index is 412. The van der Waals surface area contributed by atoms with E-state index < -0.39 is 0 Å². The van der Waals surface area contributed by atoms with Crippen LogP contribution in [0.4, 0.5) is 0 Å². The summed E-state index contributed by atoms with van der Waals surface area (Å²) in [5.74, 6) is 1.16.